The van der Waals surface area contributed by atoms with Crippen LogP contribution < -0.4 is 15.7 Å². The summed E-state index contributed by atoms with van der Waals surface area (Å²) in [5.41, 5.74) is -1.21. The number of rotatable bonds is 7. The lowest BCUT2D eigenvalue weighted by atomic mass is 10.2. The molecule has 0 aliphatic rings. The minimum absolute atomic E-state index is 0.0111. The van der Waals surface area contributed by atoms with Crippen molar-refractivity contribution in [3.05, 3.63) is 56.7 Å². The first kappa shape index (κ1) is 25.1. The summed E-state index contributed by atoms with van der Waals surface area (Å²) < 4.78 is 72.3. The van der Waals surface area contributed by atoms with Gasteiger partial charge in [0.05, 0.1) is 5.69 Å². The van der Waals surface area contributed by atoms with Gasteiger partial charge in [-0.3, -0.25) is 9.36 Å². The van der Waals surface area contributed by atoms with Crippen LogP contribution in [-0.4, -0.2) is 43.0 Å². The van der Waals surface area contributed by atoms with Gasteiger partial charge in [0.1, 0.15) is 12.2 Å². The number of halogens is 6. The average molecular weight is 507 g/mol. The fourth-order valence-corrected chi connectivity index (χ4v) is 3.13. The fraction of sp³-hybridized carbons (Fsp3) is 0.316. The van der Waals surface area contributed by atoms with Gasteiger partial charge >= 0.3 is 11.9 Å². The van der Waals surface area contributed by atoms with E-state index in [4.69, 9.17) is 11.6 Å². The van der Waals surface area contributed by atoms with E-state index in [2.05, 4.69) is 25.1 Å². The van der Waals surface area contributed by atoms with E-state index in [1.54, 1.807) is 6.92 Å². The molecule has 182 valence electrons. The highest BCUT2D eigenvalue weighted by Gasteiger charge is 2.31. The molecule has 3 aromatic heterocycles. The summed E-state index contributed by atoms with van der Waals surface area (Å²) >= 11 is 5.95. The van der Waals surface area contributed by atoms with Crippen LogP contribution >= 0.6 is 11.6 Å². The molecule has 0 atom stereocenters. The summed E-state index contributed by atoms with van der Waals surface area (Å²) in [7, 11) is 0. The maximum absolute atomic E-state index is 14.9. The summed E-state index contributed by atoms with van der Waals surface area (Å²) in [6.07, 6.45) is -3.46. The van der Waals surface area contributed by atoms with Crippen molar-refractivity contribution in [3.63, 3.8) is 0 Å². The number of hydrogen-bond donors (Lipinski definition) is 1. The number of aromatic nitrogens is 5. The van der Waals surface area contributed by atoms with Crippen molar-refractivity contribution in [2.75, 3.05) is 11.9 Å². The topological polar surface area (TPSA) is 104 Å². The number of carbonyl (C=O) groups excluding carboxylic acids is 1. The summed E-state index contributed by atoms with van der Waals surface area (Å²) in [5.74, 6) is -4.58. The molecule has 0 aliphatic heterocycles. The van der Waals surface area contributed by atoms with Crippen LogP contribution in [0, 0.1) is 12.7 Å². The van der Waals surface area contributed by atoms with Crippen LogP contribution in [0.4, 0.5) is 27.6 Å². The molecule has 0 aromatic carbocycles. The SMILES string of the molecule is CCn1c(CF)nn(-c2nc(OCC(F)(F)F)c(C(=O)Nc3c(C)ccnc3Cl)cc2F)c1=O. The third-order valence-corrected chi connectivity index (χ3v) is 4.75. The van der Waals surface area contributed by atoms with Gasteiger partial charge in [-0.05, 0) is 31.5 Å². The molecule has 0 saturated carbocycles. The van der Waals surface area contributed by atoms with Gasteiger partial charge in [0.15, 0.2) is 29.2 Å². The lowest BCUT2D eigenvalue weighted by molar-refractivity contribution is -0.154. The molecule has 0 radical (unpaired) electrons. The Bertz CT molecular complexity index is 1270. The van der Waals surface area contributed by atoms with E-state index in [0.717, 1.165) is 4.57 Å². The number of aryl methyl sites for hydroxylation is 1. The van der Waals surface area contributed by atoms with E-state index in [1.807, 2.05) is 0 Å². The number of alkyl halides is 4. The van der Waals surface area contributed by atoms with Gasteiger partial charge in [0, 0.05) is 12.7 Å². The number of ether oxygens (including phenoxy) is 1. The number of nitrogens with zero attached hydrogens (tertiary/aromatic N) is 5. The Labute approximate surface area is 193 Å². The van der Waals surface area contributed by atoms with Gasteiger partial charge in [-0.1, -0.05) is 11.6 Å². The number of carbonyl (C=O) groups is 1. The van der Waals surface area contributed by atoms with E-state index < -0.39 is 54.1 Å². The Hall–Kier alpha value is -3.55. The van der Waals surface area contributed by atoms with Gasteiger partial charge in [-0.2, -0.15) is 22.8 Å². The second-order valence-corrected chi connectivity index (χ2v) is 7.14. The van der Waals surface area contributed by atoms with Gasteiger partial charge < -0.3 is 10.1 Å². The van der Waals surface area contributed by atoms with E-state index in [1.165, 1.54) is 19.2 Å². The predicted octanol–water partition coefficient (Wildman–Crippen LogP) is 3.61. The highest BCUT2D eigenvalue weighted by Crippen LogP contribution is 2.27. The maximum atomic E-state index is 14.9. The molecule has 0 spiro atoms. The van der Waals surface area contributed by atoms with Crippen LogP contribution in [0.5, 0.6) is 5.88 Å². The van der Waals surface area contributed by atoms with Crippen molar-refractivity contribution in [1.82, 2.24) is 24.3 Å². The molecule has 15 heteroatoms. The molecule has 0 aliphatic carbocycles. The zero-order valence-electron chi connectivity index (χ0n) is 17.6. The summed E-state index contributed by atoms with van der Waals surface area (Å²) in [5, 5.41) is 5.83. The molecule has 34 heavy (non-hydrogen) atoms. The van der Waals surface area contributed by atoms with Crippen LogP contribution in [0.2, 0.25) is 5.15 Å². The number of hydrogen-bond acceptors (Lipinski definition) is 6. The highest BCUT2D eigenvalue weighted by molar-refractivity contribution is 6.32. The van der Waals surface area contributed by atoms with Crippen LogP contribution in [0.3, 0.4) is 0 Å². The maximum Gasteiger partial charge on any atom is 0.422 e. The molecule has 9 nitrogen and oxygen atoms in total. The second kappa shape index (κ2) is 9.75. The Morgan fingerprint density at radius 3 is 2.59 bits per heavy atom. The van der Waals surface area contributed by atoms with Crippen molar-refractivity contribution < 1.29 is 31.5 Å². The second-order valence-electron chi connectivity index (χ2n) is 6.79. The normalized spacial score (nSPS) is 11.5. The fourth-order valence-electron chi connectivity index (χ4n) is 2.88. The molecule has 3 rings (SSSR count). The monoisotopic (exact) mass is 506 g/mol. The molecule has 3 heterocycles. The molecule has 1 amide bonds. The smallest absolute Gasteiger partial charge is 0.422 e. The average Bonchev–Trinajstić information content (AvgIpc) is 3.09. The van der Waals surface area contributed by atoms with Crippen molar-refractivity contribution in [3.8, 4) is 11.7 Å². The number of anilines is 1. The quantitative estimate of drug-likeness (QED) is 0.388. The molecule has 3 aromatic rings. The minimum atomic E-state index is -4.82. The van der Waals surface area contributed by atoms with Crippen molar-refractivity contribution in [2.45, 2.75) is 33.2 Å². The summed E-state index contributed by atoms with van der Waals surface area (Å²) in [4.78, 5) is 32.6. The first-order chi connectivity index (χ1) is 16.0. The third-order valence-electron chi connectivity index (χ3n) is 4.47. The molecule has 0 bridgehead atoms. The third kappa shape index (κ3) is 5.16. The van der Waals surface area contributed by atoms with E-state index >= 15 is 0 Å². The van der Waals surface area contributed by atoms with Gasteiger partial charge in [0.25, 0.3) is 5.91 Å². The van der Waals surface area contributed by atoms with Crippen LogP contribution in [0.1, 0.15) is 28.7 Å². The Morgan fingerprint density at radius 1 is 1.32 bits per heavy atom. The molecular formula is C19H16ClF5N6O3. The van der Waals surface area contributed by atoms with Crippen LogP contribution in [0.25, 0.3) is 5.82 Å². The summed E-state index contributed by atoms with van der Waals surface area (Å²) in [6, 6.07) is 2.03. The molecule has 1 N–H and O–H groups in total. The predicted molar refractivity (Wildman–Crippen MR) is 110 cm³/mol. The lowest BCUT2D eigenvalue weighted by Gasteiger charge is -2.15. The lowest BCUT2D eigenvalue weighted by Crippen LogP contribution is -2.27. The number of amides is 1. The Balaban J connectivity index is 2.12. The zero-order valence-corrected chi connectivity index (χ0v) is 18.3. The van der Waals surface area contributed by atoms with Gasteiger partial charge in [-0.15, -0.1) is 5.10 Å². The first-order valence-corrected chi connectivity index (χ1v) is 9.92. The van der Waals surface area contributed by atoms with Crippen molar-refractivity contribution >= 4 is 23.2 Å². The van der Waals surface area contributed by atoms with Gasteiger partial charge in [0.2, 0.25) is 5.88 Å². The standard InChI is InChI=1S/C19H16ClF5N6O3/c1-3-30-12(7-21)29-31(18(30)33)15-11(22)6-10(17(28-15)34-8-19(23,24)25)16(32)27-13-9(2)4-5-26-14(13)20/h4-6H,3,7-8H2,1-2H3,(H,27,32). The molecule has 0 saturated heterocycles. The molecular weight excluding hydrogens is 491 g/mol. The van der Waals surface area contributed by atoms with Crippen LogP contribution in [-0.2, 0) is 13.2 Å². The number of pyridine rings is 2. The minimum Gasteiger partial charge on any atom is -0.467 e. The first-order valence-electron chi connectivity index (χ1n) is 9.54. The van der Waals surface area contributed by atoms with Crippen molar-refractivity contribution in [1.29, 1.82) is 0 Å². The van der Waals surface area contributed by atoms with Crippen LogP contribution in [0.15, 0.2) is 23.1 Å². The largest absolute Gasteiger partial charge is 0.467 e. The zero-order chi connectivity index (χ0) is 25.2. The Morgan fingerprint density at radius 2 is 2.03 bits per heavy atom. The molecule has 0 unspecified atom stereocenters. The van der Waals surface area contributed by atoms with E-state index in [9.17, 15) is 31.5 Å². The summed E-state index contributed by atoms with van der Waals surface area (Å²) in [6.45, 7) is 0.0358. The Kier molecular flexibility index (Phi) is 7.19. The highest BCUT2D eigenvalue weighted by atomic mass is 35.5. The van der Waals surface area contributed by atoms with Gasteiger partial charge in [-0.25, -0.2) is 18.6 Å². The van der Waals surface area contributed by atoms with Crippen molar-refractivity contribution in [2.24, 2.45) is 0 Å². The van der Waals surface area contributed by atoms with E-state index in [-0.39, 0.29) is 23.2 Å². The molecule has 0 fully saturated rings. The van der Waals surface area contributed by atoms with E-state index in [0.29, 0.717) is 16.3 Å². The number of nitrogens with one attached hydrogen (secondary N) is 1.